The summed E-state index contributed by atoms with van der Waals surface area (Å²) in [5, 5.41) is 1.10. The van der Waals surface area contributed by atoms with Crippen molar-refractivity contribution in [2.45, 2.75) is 26.2 Å². The number of imidazole rings is 1. The number of hydrogen-bond donors (Lipinski definition) is 0. The molecule has 0 fully saturated rings. The summed E-state index contributed by atoms with van der Waals surface area (Å²) in [6, 6.07) is 24.1. The number of aromatic nitrogens is 5. The molecule has 4 aromatic heterocycles. The second-order valence-electron chi connectivity index (χ2n) is 17.7. The van der Waals surface area contributed by atoms with Gasteiger partial charge in [0.2, 0.25) is 0 Å². The first-order valence-electron chi connectivity index (χ1n) is 31.4. The largest absolute Gasteiger partial charge is 0.458 e. The molecule has 70 heavy (non-hydrogen) atoms. The number of nitrogens with zero attached hydrogens (tertiary/aromatic N) is 5. The third-order valence-electron chi connectivity index (χ3n) is 12.5. The Labute approximate surface area is 431 Å². The predicted octanol–water partition coefficient (Wildman–Crippen LogP) is 15.7. The van der Waals surface area contributed by atoms with Gasteiger partial charge in [0.05, 0.1) is 74.8 Å². The number of rotatable bonds is 8. The third-order valence-corrected chi connectivity index (χ3v) is 12.5. The van der Waals surface area contributed by atoms with Crippen LogP contribution in [-0.4, -0.2) is 18.7 Å². The first-order chi connectivity index (χ1) is 41.8. The molecule has 6 nitrogen and oxygen atoms in total. The van der Waals surface area contributed by atoms with Gasteiger partial charge in [0, 0.05) is 33.8 Å². The third kappa shape index (κ3) is 6.79. The molecule has 0 N–H and O–H groups in total. The molecule has 0 bridgehead atoms. The molecule has 0 saturated heterocycles. The lowest BCUT2D eigenvalue weighted by Crippen LogP contribution is -2.31. The number of pyridine rings is 1. The maximum absolute atomic E-state index is 9.30. The van der Waals surface area contributed by atoms with Crippen molar-refractivity contribution in [2.24, 2.45) is 0 Å². The second-order valence-corrected chi connectivity index (χ2v) is 17.7. The van der Waals surface area contributed by atoms with Crippen LogP contribution in [0.4, 0.5) is 0 Å². The van der Waals surface area contributed by atoms with Crippen LogP contribution < -0.4 is 9.30 Å². The molecular weight excluding hydrogens is 855 g/mol. The highest BCUT2D eigenvalue weighted by molar-refractivity contribution is 6.16. The topological polar surface area (TPSA) is 40.8 Å². The Hall–Kier alpha value is -9.00. The standard InChI is InChI=1S/C64H47N5O/c1-64(2,3)45-37-38-65-61(39-45)69-59-34-18-33-58(68-54-29-12-10-25-51(54)52-26-11-13-30-55(52)68)62(59)53-36-35-48(41-60(53)69)70-47-24-16-23-46(40-47)66-42-67(57-32-15-14-31-56(57)66)63-49(43-19-6-4-7-20-43)27-17-28-50(63)44-21-8-5-9-22-44/h4-41H,1-3H3/i4D,5D,6D,7D,8D,9D,10D,11D,12D,13D,19D,20D,21D,22D,25D,26D,29D,30D. The zero-order valence-electron chi connectivity index (χ0n) is 55.7. The first-order valence-corrected chi connectivity index (χ1v) is 22.4. The predicted molar refractivity (Wildman–Crippen MR) is 286 cm³/mol. The minimum Gasteiger partial charge on any atom is -0.458 e. The Bertz CT molecular complexity index is 5010. The molecule has 0 aliphatic rings. The number of fused-ring (bicyclic) bond motifs is 7. The van der Waals surface area contributed by atoms with Gasteiger partial charge in [0.1, 0.15) is 17.3 Å². The van der Waals surface area contributed by atoms with E-state index in [4.69, 9.17) is 31.7 Å². The van der Waals surface area contributed by atoms with Gasteiger partial charge in [-0.3, -0.25) is 13.7 Å². The van der Waals surface area contributed by atoms with E-state index in [0.29, 0.717) is 61.5 Å². The molecule has 6 heteroatoms. The fourth-order valence-corrected chi connectivity index (χ4v) is 9.39. The summed E-state index contributed by atoms with van der Waals surface area (Å²) in [5.74, 6) is 1.26. The number of ether oxygens (including phenoxy) is 1. The average molecular weight is 920 g/mol. The molecule has 0 amide bonds. The van der Waals surface area contributed by atoms with Gasteiger partial charge in [-0.1, -0.05) is 172 Å². The maximum atomic E-state index is 9.30. The van der Waals surface area contributed by atoms with E-state index in [2.05, 4.69) is 27.1 Å². The zero-order valence-corrected chi connectivity index (χ0v) is 37.7. The Morgan fingerprint density at radius 1 is 0.529 bits per heavy atom. The van der Waals surface area contributed by atoms with E-state index < -0.39 is 109 Å². The van der Waals surface area contributed by atoms with Crippen LogP contribution in [-0.2, 0) is 5.41 Å². The van der Waals surface area contributed by atoms with Crippen LogP contribution >= 0.6 is 0 Å². The molecule has 13 rings (SSSR count). The lowest BCUT2D eigenvalue weighted by molar-refractivity contribution is -0.571. The zero-order chi connectivity index (χ0) is 62.6. The Morgan fingerprint density at radius 3 is 1.87 bits per heavy atom. The highest BCUT2D eigenvalue weighted by Gasteiger charge is 2.23. The van der Waals surface area contributed by atoms with Crippen molar-refractivity contribution in [1.29, 1.82) is 0 Å². The van der Waals surface area contributed by atoms with E-state index in [1.807, 2.05) is 47.0 Å². The molecule has 0 unspecified atom stereocenters. The van der Waals surface area contributed by atoms with Gasteiger partial charge in [0.15, 0.2) is 0 Å². The Kier molecular flexibility index (Phi) is 6.20. The second kappa shape index (κ2) is 16.4. The van der Waals surface area contributed by atoms with Crippen molar-refractivity contribution in [3.05, 3.63) is 242 Å². The molecule has 0 radical (unpaired) electrons. The highest BCUT2D eigenvalue weighted by atomic mass is 16.5. The van der Waals surface area contributed by atoms with Crippen molar-refractivity contribution >= 4 is 54.6 Å². The van der Waals surface area contributed by atoms with E-state index in [1.54, 1.807) is 82.1 Å². The fraction of sp³-hybridized carbons (Fsp3) is 0.0625. The Morgan fingerprint density at radius 2 is 1.16 bits per heavy atom. The number of para-hydroxylation sites is 5. The lowest BCUT2D eigenvalue weighted by atomic mass is 9.88. The van der Waals surface area contributed by atoms with Crippen LogP contribution in [0, 0.1) is 6.33 Å². The highest BCUT2D eigenvalue weighted by Crippen LogP contribution is 2.42. The summed E-state index contributed by atoms with van der Waals surface area (Å²) in [4.78, 5) is 4.89. The average Bonchev–Trinajstić information content (AvgIpc) is 1.53. The summed E-state index contributed by atoms with van der Waals surface area (Å²) in [5.41, 5.74) is 3.66. The molecule has 0 atom stereocenters. The van der Waals surface area contributed by atoms with E-state index >= 15 is 0 Å². The van der Waals surface area contributed by atoms with Crippen molar-refractivity contribution in [3.63, 3.8) is 0 Å². The molecule has 0 aliphatic carbocycles. The molecular formula is C64H47N5O. The summed E-state index contributed by atoms with van der Waals surface area (Å²) in [6.07, 6.45) is 5.13. The number of hydrogen-bond acceptors (Lipinski definition) is 2. The normalized spacial score (nSPS) is 15.5. The van der Waals surface area contributed by atoms with Crippen molar-refractivity contribution < 1.29 is 34.0 Å². The van der Waals surface area contributed by atoms with Crippen LogP contribution in [0.2, 0.25) is 0 Å². The summed E-state index contributed by atoms with van der Waals surface area (Å²) in [6.45, 7) is 6.25. The quantitative estimate of drug-likeness (QED) is 0.113. The van der Waals surface area contributed by atoms with E-state index in [-0.39, 0.29) is 55.2 Å². The minimum absolute atomic E-state index is 0.0277. The summed E-state index contributed by atoms with van der Waals surface area (Å²) >= 11 is 0. The molecule has 4 heterocycles. The number of benzene rings is 9. The maximum Gasteiger partial charge on any atom is 0.269 e. The Balaban J connectivity index is 1.01. The SMILES string of the molecule is [2H]c1c([2H])c([2H])c(-c2cccc(-c3c([2H])c([2H])c([2H])c([2H])c3[2H])c2-[n+]2[c-]n(-c3cccc(Oc4ccc5c6c(-n7c8c([2H])c([2H])c([2H])c([2H])c8c8c([2H])c([2H])c([2H])c([2H])c87)cccc6n(-c6cc(C(C)(C)C)ccn6)c5c4)c3)c3ccccc32)c([2H])c1[2H]. The van der Waals surface area contributed by atoms with Gasteiger partial charge in [-0.2, -0.15) is 0 Å². The molecule has 0 saturated carbocycles. The van der Waals surface area contributed by atoms with Crippen molar-refractivity contribution in [2.75, 3.05) is 0 Å². The van der Waals surface area contributed by atoms with Crippen LogP contribution in [0.5, 0.6) is 11.5 Å². The molecule has 9 aromatic carbocycles. The van der Waals surface area contributed by atoms with Gasteiger partial charge in [-0.05, 0) is 99.9 Å². The van der Waals surface area contributed by atoms with Gasteiger partial charge in [-0.25, -0.2) is 4.98 Å². The summed E-state index contributed by atoms with van der Waals surface area (Å²) in [7, 11) is 0. The van der Waals surface area contributed by atoms with E-state index in [0.717, 1.165) is 5.56 Å². The lowest BCUT2D eigenvalue weighted by Gasteiger charge is -2.20. The van der Waals surface area contributed by atoms with Crippen molar-refractivity contribution in [1.82, 2.24) is 18.7 Å². The van der Waals surface area contributed by atoms with E-state index in [1.165, 1.54) is 10.6 Å². The van der Waals surface area contributed by atoms with Gasteiger partial charge >= 0.3 is 0 Å². The molecule has 334 valence electrons. The van der Waals surface area contributed by atoms with Crippen LogP contribution in [0.1, 0.15) is 51.0 Å². The van der Waals surface area contributed by atoms with Gasteiger partial charge in [0.25, 0.3) is 6.33 Å². The minimum atomic E-state index is -0.611. The van der Waals surface area contributed by atoms with Gasteiger partial charge in [-0.15, -0.1) is 0 Å². The van der Waals surface area contributed by atoms with Crippen LogP contribution in [0.25, 0.3) is 99.8 Å². The molecule has 13 aromatic rings. The van der Waals surface area contributed by atoms with Crippen molar-refractivity contribution in [3.8, 4) is 56.6 Å². The molecule has 0 aliphatic heterocycles. The van der Waals surface area contributed by atoms with E-state index in [9.17, 15) is 2.74 Å². The van der Waals surface area contributed by atoms with Crippen LogP contribution in [0.15, 0.2) is 230 Å². The fourth-order valence-electron chi connectivity index (χ4n) is 9.39. The first kappa shape index (κ1) is 26.5. The van der Waals surface area contributed by atoms with Gasteiger partial charge < -0.3 is 9.30 Å². The molecule has 0 spiro atoms. The monoisotopic (exact) mass is 919 g/mol. The van der Waals surface area contributed by atoms with Crippen LogP contribution in [0.3, 0.4) is 0 Å². The summed E-state index contributed by atoms with van der Waals surface area (Å²) < 4.78 is 173. The smallest absolute Gasteiger partial charge is 0.269 e.